The van der Waals surface area contributed by atoms with E-state index in [1.54, 1.807) is 0 Å². The Morgan fingerprint density at radius 2 is 1.76 bits per heavy atom. The highest BCUT2D eigenvalue weighted by molar-refractivity contribution is 5.39. The summed E-state index contributed by atoms with van der Waals surface area (Å²) in [6, 6.07) is 19.4. The van der Waals surface area contributed by atoms with E-state index in [1.807, 2.05) is 12.1 Å². The number of fused-ring (bicyclic) bond motifs is 1. The third kappa shape index (κ3) is 3.11. The normalized spacial score (nSPS) is 18.3. The van der Waals surface area contributed by atoms with Crippen molar-refractivity contribution in [1.82, 2.24) is 5.32 Å². The number of benzene rings is 2. The lowest BCUT2D eigenvalue weighted by atomic mass is 9.88. The predicted octanol–water partition coefficient (Wildman–Crippen LogP) is 4.15. The highest BCUT2D eigenvalue weighted by Crippen LogP contribution is 2.32. The van der Waals surface area contributed by atoms with Crippen LogP contribution in [-0.4, -0.2) is 13.2 Å². The summed E-state index contributed by atoms with van der Waals surface area (Å²) in [5, 5.41) is 3.69. The fourth-order valence-electron chi connectivity index (χ4n) is 3.04. The molecule has 0 aliphatic carbocycles. The van der Waals surface area contributed by atoms with Gasteiger partial charge < -0.3 is 10.1 Å². The Labute approximate surface area is 127 Å². The molecule has 1 aliphatic rings. The molecular formula is C19H23NO. The van der Waals surface area contributed by atoms with E-state index in [-0.39, 0.29) is 0 Å². The summed E-state index contributed by atoms with van der Waals surface area (Å²) in [6.07, 6.45) is 0. The maximum Gasteiger partial charge on any atom is 0.124 e. The lowest BCUT2D eigenvalue weighted by Gasteiger charge is -2.24. The Balaban J connectivity index is 1.69. The minimum absolute atomic E-state index is 0.311. The predicted molar refractivity (Wildman–Crippen MR) is 86.7 cm³/mol. The van der Waals surface area contributed by atoms with Crippen molar-refractivity contribution in [2.45, 2.75) is 25.8 Å². The molecule has 2 aromatic rings. The van der Waals surface area contributed by atoms with Gasteiger partial charge in [-0.15, -0.1) is 0 Å². The summed E-state index contributed by atoms with van der Waals surface area (Å²) in [5.41, 5.74) is 2.69. The number of hydrogen-bond donors (Lipinski definition) is 1. The van der Waals surface area contributed by atoms with Gasteiger partial charge in [0.15, 0.2) is 0 Å². The van der Waals surface area contributed by atoms with Crippen LogP contribution in [0.15, 0.2) is 54.6 Å². The Bertz CT molecular complexity index is 579. The Morgan fingerprint density at radius 1 is 1.05 bits per heavy atom. The number of hydrogen-bond acceptors (Lipinski definition) is 2. The quantitative estimate of drug-likeness (QED) is 0.889. The van der Waals surface area contributed by atoms with Gasteiger partial charge in [0.1, 0.15) is 12.4 Å². The van der Waals surface area contributed by atoms with Crippen molar-refractivity contribution in [3.63, 3.8) is 0 Å². The zero-order chi connectivity index (χ0) is 14.7. The minimum atomic E-state index is 0.311. The number of nitrogens with one attached hydrogen (secondary N) is 1. The monoisotopic (exact) mass is 281 g/mol. The van der Waals surface area contributed by atoms with Crippen LogP contribution in [0.1, 0.15) is 36.9 Å². The first-order chi connectivity index (χ1) is 10.3. The molecule has 0 saturated heterocycles. The van der Waals surface area contributed by atoms with Gasteiger partial charge in [-0.2, -0.15) is 0 Å². The van der Waals surface area contributed by atoms with Gasteiger partial charge >= 0.3 is 0 Å². The SMILES string of the molecule is CC(C)C(CNC1COc2ccccc21)c1ccccc1. The number of para-hydroxylation sites is 1. The molecule has 0 bridgehead atoms. The average molecular weight is 281 g/mol. The molecule has 0 aromatic heterocycles. The van der Waals surface area contributed by atoms with Crippen LogP contribution >= 0.6 is 0 Å². The summed E-state index contributed by atoms with van der Waals surface area (Å²) in [7, 11) is 0. The summed E-state index contributed by atoms with van der Waals surface area (Å²) < 4.78 is 5.75. The van der Waals surface area contributed by atoms with Crippen LogP contribution in [0.25, 0.3) is 0 Å². The van der Waals surface area contributed by atoms with E-state index in [2.05, 4.69) is 61.6 Å². The molecule has 0 radical (unpaired) electrons. The van der Waals surface area contributed by atoms with Crippen LogP contribution in [0.2, 0.25) is 0 Å². The first kappa shape index (κ1) is 14.2. The molecule has 1 aliphatic heterocycles. The Hall–Kier alpha value is -1.80. The topological polar surface area (TPSA) is 21.3 Å². The standard InChI is InChI=1S/C19H23NO/c1-14(2)17(15-8-4-3-5-9-15)12-20-18-13-21-19-11-7-6-10-16(18)19/h3-11,14,17-18,20H,12-13H2,1-2H3. The fourth-order valence-corrected chi connectivity index (χ4v) is 3.04. The van der Waals surface area contributed by atoms with E-state index < -0.39 is 0 Å². The average Bonchev–Trinajstić information content (AvgIpc) is 2.92. The van der Waals surface area contributed by atoms with Crippen molar-refractivity contribution >= 4 is 0 Å². The van der Waals surface area contributed by atoms with Gasteiger partial charge in [-0.05, 0) is 23.5 Å². The molecule has 110 valence electrons. The molecule has 0 saturated carbocycles. The molecule has 2 unspecified atom stereocenters. The first-order valence-electron chi connectivity index (χ1n) is 7.75. The van der Waals surface area contributed by atoms with Crippen LogP contribution in [0.4, 0.5) is 0 Å². The Morgan fingerprint density at radius 3 is 2.52 bits per heavy atom. The molecule has 0 spiro atoms. The molecule has 1 N–H and O–H groups in total. The maximum atomic E-state index is 5.75. The maximum absolute atomic E-state index is 5.75. The van der Waals surface area contributed by atoms with Gasteiger partial charge in [0, 0.05) is 12.1 Å². The smallest absolute Gasteiger partial charge is 0.124 e. The van der Waals surface area contributed by atoms with E-state index in [4.69, 9.17) is 4.74 Å². The first-order valence-corrected chi connectivity index (χ1v) is 7.75. The second kappa shape index (κ2) is 6.31. The number of ether oxygens (including phenoxy) is 1. The van der Waals surface area contributed by atoms with Crippen LogP contribution < -0.4 is 10.1 Å². The molecular weight excluding hydrogens is 258 g/mol. The van der Waals surface area contributed by atoms with Crippen molar-refractivity contribution in [2.75, 3.05) is 13.2 Å². The third-order valence-electron chi connectivity index (χ3n) is 4.32. The lowest BCUT2D eigenvalue weighted by Crippen LogP contribution is -2.29. The van der Waals surface area contributed by atoms with Crippen molar-refractivity contribution < 1.29 is 4.74 Å². The molecule has 0 fully saturated rings. The molecule has 21 heavy (non-hydrogen) atoms. The summed E-state index contributed by atoms with van der Waals surface area (Å²) in [5.74, 6) is 2.16. The van der Waals surface area contributed by atoms with E-state index in [1.165, 1.54) is 11.1 Å². The largest absolute Gasteiger partial charge is 0.491 e. The van der Waals surface area contributed by atoms with Crippen LogP contribution in [0, 0.1) is 5.92 Å². The third-order valence-corrected chi connectivity index (χ3v) is 4.32. The zero-order valence-corrected chi connectivity index (χ0v) is 12.8. The highest BCUT2D eigenvalue weighted by Gasteiger charge is 2.25. The fraction of sp³-hybridized carbons (Fsp3) is 0.368. The van der Waals surface area contributed by atoms with E-state index >= 15 is 0 Å². The van der Waals surface area contributed by atoms with Gasteiger partial charge in [0.05, 0.1) is 6.04 Å². The van der Waals surface area contributed by atoms with Crippen molar-refractivity contribution in [1.29, 1.82) is 0 Å². The van der Waals surface area contributed by atoms with E-state index in [0.29, 0.717) is 17.9 Å². The van der Waals surface area contributed by atoms with Crippen molar-refractivity contribution in [2.24, 2.45) is 5.92 Å². The molecule has 2 aromatic carbocycles. The minimum Gasteiger partial charge on any atom is -0.491 e. The van der Waals surface area contributed by atoms with Crippen LogP contribution in [0.3, 0.4) is 0 Å². The van der Waals surface area contributed by atoms with Crippen LogP contribution in [-0.2, 0) is 0 Å². The zero-order valence-electron chi connectivity index (χ0n) is 12.8. The van der Waals surface area contributed by atoms with Crippen molar-refractivity contribution in [3.8, 4) is 5.75 Å². The van der Waals surface area contributed by atoms with Gasteiger partial charge in [0.2, 0.25) is 0 Å². The summed E-state index contributed by atoms with van der Waals surface area (Å²) >= 11 is 0. The van der Waals surface area contributed by atoms with Crippen LogP contribution in [0.5, 0.6) is 5.75 Å². The van der Waals surface area contributed by atoms with Gasteiger partial charge in [0.25, 0.3) is 0 Å². The van der Waals surface area contributed by atoms with Crippen molar-refractivity contribution in [3.05, 3.63) is 65.7 Å². The molecule has 2 atom stereocenters. The Kier molecular flexibility index (Phi) is 4.26. The second-order valence-electron chi connectivity index (χ2n) is 6.07. The molecule has 0 amide bonds. The van der Waals surface area contributed by atoms with Gasteiger partial charge in [-0.25, -0.2) is 0 Å². The lowest BCUT2D eigenvalue weighted by molar-refractivity contribution is 0.303. The highest BCUT2D eigenvalue weighted by atomic mass is 16.5. The second-order valence-corrected chi connectivity index (χ2v) is 6.07. The molecule has 1 heterocycles. The molecule has 2 nitrogen and oxygen atoms in total. The summed E-state index contributed by atoms with van der Waals surface area (Å²) in [4.78, 5) is 0. The molecule has 3 rings (SSSR count). The van der Waals surface area contributed by atoms with Gasteiger partial charge in [-0.1, -0.05) is 62.4 Å². The number of rotatable bonds is 5. The summed E-state index contributed by atoms with van der Waals surface area (Å²) in [6.45, 7) is 6.29. The van der Waals surface area contributed by atoms with Gasteiger partial charge in [-0.3, -0.25) is 0 Å². The van der Waals surface area contributed by atoms with E-state index in [0.717, 1.165) is 18.9 Å². The molecule has 2 heteroatoms. The van der Waals surface area contributed by atoms with E-state index in [9.17, 15) is 0 Å².